The number of thiazole rings is 1. The van der Waals surface area contributed by atoms with E-state index in [4.69, 9.17) is 0 Å². The fraction of sp³-hybridized carbons (Fsp3) is 0.167. The molecule has 3 heterocycles. The number of carbonyl (C=O) groups is 1. The fourth-order valence-corrected chi connectivity index (χ4v) is 3.24. The molecule has 0 unspecified atom stereocenters. The molecule has 1 N–H and O–H groups in total. The monoisotopic (exact) mass is 277 g/mol. The van der Waals surface area contributed by atoms with Crippen LogP contribution in [0.2, 0.25) is 0 Å². The first kappa shape index (κ1) is 11.4. The van der Waals surface area contributed by atoms with Gasteiger partial charge in [-0.1, -0.05) is 6.07 Å². The number of aromatic nitrogens is 2. The molecule has 0 aromatic carbocycles. The Balaban J connectivity index is 1.83. The van der Waals surface area contributed by atoms with Gasteiger partial charge in [0.05, 0.1) is 12.2 Å². The molecule has 0 fully saturated rings. The summed E-state index contributed by atoms with van der Waals surface area (Å²) >= 11 is 3.17. The van der Waals surface area contributed by atoms with Gasteiger partial charge in [-0.25, -0.2) is 4.98 Å². The van der Waals surface area contributed by atoms with Crippen LogP contribution in [-0.2, 0) is 6.54 Å². The number of hydrogen-bond acceptors (Lipinski definition) is 4. The first-order valence-corrected chi connectivity index (χ1v) is 7.24. The number of rotatable bonds is 3. The number of nitrogens with zero attached hydrogens (tertiary/aromatic N) is 2. The van der Waals surface area contributed by atoms with Crippen LogP contribution in [0, 0.1) is 6.92 Å². The molecule has 18 heavy (non-hydrogen) atoms. The minimum Gasteiger partial charge on any atom is -0.346 e. The molecule has 6 heteroatoms. The lowest BCUT2D eigenvalue weighted by Gasteiger charge is -2.03. The maximum absolute atomic E-state index is 12.2. The van der Waals surface area contributed by atoms with Crippen molar-refractivity contribution in [3.05, 3.63) is 45.4 Å². The summed E-state index contributed by atoms with van der Waals surface area (Å²) in [5, 5.41) is 6.86. The molecule has 0 aliphatic carbocycles. The topological polar surface area (TPSA) is 46.4 Å². The van der Waals surface area contributed by atoms with Gasteiger partial charge in [0.15, 0.2) is 4.96 Å². The van der Waals surface area contributed by atoms with E-state index in [1.165, 1.54) is 11.3 Å². The van der Waals surface area contributed by atoms with Crippen LogP contribution in [0.1, 0.15) is 21.1 Å². The molecule has 0 bridgehead atoms. The predicted octanol–water partition coefficient (Wildman–Crippen LogP) is 2.70. The molecular weight excluding hydrogens is 266 g/mol. The van der Waals surface area contributed by atoms with Gasteiger partial charge in [0.2, 0.25) is 0 Å². The van der Waals surface area contributed by atoms with Crippen molar-refractivity contribution < 1.29 is 4.79 Å². The van der Waals surface area contributed by atoms with Crippen molar-refractivity contribution in [2.45, 2.75) is 13.5 Å². The highest BCUT2D eigenvalue weighted by Gasteiger charge is 2.16. The van der Waals surface area contributed by atoms with Gasteiger partial charge in [0.25, 0.3) is 5.91 Å². The molecule has 0 radical (unpaired) electrons. The van der Waals surface area contributed by atoms with Crippen molar-refractivity contribution in [1.82, 2.24) is 14.7 Å². The summed E-state index contributed by atoms with van der Waals surface area (Å²) in [6, 6.07) is 3.99. The third-order valence-corrected chi connectivity index (χ3v) is 4.29. The summed E-state index contributed by atoms with van der Waals surface area (Å²) in [6.07, 6.45) is 1.88. The van der Waals surface area contributed by atoms with E-state index < -0.39 is 0 Å². The average Bonchev–Trinajstić information content (AvgIpc) is 3.01. The zero-order valence-corrected chi connectivity index (χ0v) is 11.3. The van der Waals surface area contributed by atoms with Gasteiger partial charge < -0.3 is 5.32 Å². The standard InChI is InChI=1S/C12H11N3OS2/c1-8-10(15-4-6-18-12(15)14-8)11(16)13-7-9-3-2-5-17-9/h2-6H,7H2,1H3,(H,13,16). The molecule has 4 nitrogen and oxygen atoms in total. The van der Waals surface area contributed by atoms with Gasteiger partial charge >= 0.3 is 0 Å². The number of thiophene rings is 1. The summed E-state index contributed by atoms with van der Waals surface area (Å²) in [4.78, 5) is 18.5. The Morgan fingerprint density at radius 1 is 1.44 bits per heavy atom. The number of hydrogen-bond donors (Lipinski definition) is 1. The van der Waals surface area contributed by atoms with Crippen molar-refractivity contribution in [1.29, 1.82) is 0 Å². The second kappa shape index (κ2) is 4.55. The highest BCUT2D eigenvalue weighted by molar-refractivity contribution is 7.15. The lowest BCUT2D eigenvalue weighted by molar-refractivity contribution is 0.0945. The number of carbonyl (C=O) groups excluding carboxylic acids is 1. The third-order valence-electron chi connectivity index (χ3n) is 2.65. The van der Waals surface area contributed by atoms with Gasteiger partial charge in [-0.15, -0.1) is 22.7 Å². The van der Waals surface area contributed by atoms with Crippen LogP contribution < -0.4 is 5.32 Å². The molecule has 3 aromatic heterocycles. The van der Waals surface area contributed by atoms with Crippen LogP contribution in [0.5, 0.6) is 0 Å². The Labute approximate surface area is 112 Å². The van der Waals surface area contributed by atoms with E-state index in [-0.39, 0.29) is 5.91 Å². The second-order valence-electron chi connectivity index (χ2n) is 3.86. The molecule has 0 spiro atoms. The van der Waals surface area contributed by atoms with Crippen molar-refractivity contribution in [2.75, 3.05) is 0 Å². The van der Waals surface area contributed by atoms with E-state index in [0.717, 1.165) is 15.5 Å². The van der Waals surface area contributed by atoms with Gasteiger partial charge in [0.1, 0.15) is 5.69 Å². The van der Waals surface area contributed by atoms with Crippen LogP contribution in [0.25, 0.3) is 4.96 Å². The number of fused-ring (bicyclic) bond motifs is 1. The van der Waals surface area contributed by atoms with Crippen LogP contribution >= 0.6 is 22.7 Å². The minimum absolute atomic E-state index is 0.0770. The van der Waals surface area contributed by atoms with Gasteiger partial charge in [-0.3, -0.25) is 9.20 Å². The van der Waals surface area contributed by atoms with Crippen molar-refractivity contribution >= 4 is 33.5 Å². The van der Waals surface area contributed by atoms with Crippen molar-refractivity contribution in [2.24, 2.45) is 0 Å². The van der Waals surface area contributed by atoms with E-state index in [0.29, 0.717) is 12.2 Å². The molecule has 0 aliphatic heterocycles. The minimum atomic E-state index is -0.0770. The van der Waals surface area contributed by atoms with Crippen molar-refractivity contribution in [3.63, 3.8) is 0 Å². The Bertz CT molecular complexity index is 681. The Morgan fingerprint density at radius 3 is 3.11 bits per heavy atom. The predicted molar refractivity (Wildman–Crippen MR) is 73.3 cm³/mol. The summed E-state index contributed by atoms with van der Waals surface area (Å²) < 4.78 is 1.84. The summed E-state index contributed by atoms with van der Waals surface area (Å²) in [5.74, 6) is -0.0770. The highest BCUT2D eigenvalue weighted by atomic mass is 32.1. The third kappa shape index (κ3) is 1.93. The van der Waals surface area contributed by atoms with Gasteiger partial charge in [-0.2, -0.15) is 0 Å². The van der Waals surface area contributed by atoms with Crippen LogP contribution in [0.4, 0.5) is 0 Å². The number of nitrogens with one attached hydrogen (secondary N) is 1. The normalized spacial score (nSPS) is 10.9. The zero-order valence-electron chi connectivity index (χ0n) is 9.71. The first-order valence-electron chi connectivity index (χ1n) is 5.48. The quantitative estimate of drug-likeness (QED) is 0.800. The summed E-state index contributed by atoms with van der Waals surface area (Å²) in [6.45, 7) is 2.42. The Hall–Kier alpha value is -1.66. The van der Waals surface area contributed by atoms with Crippen LogP contribution in [0.3, 0.4) is 0 Å². The summed E-state index contributed by atoms with van der Waals surface area (Å²) in [7, 11) is 0. The summed E-state index contributed by atoms with van der Waals surface area (Å²) in [5.41, 5.74) is 1.40. The number of amides is 1. The van der Waals surface area contributed by atoms with E-state index in [2.05, 4.69) is 10.3 Å². The van der Waals surface area contributed by atoms with Crippen LogP contribution in [-0.4, -0.2) is 15.3 Å². The largest absolute Gasteiger partial charge is 0.346 e. The molecule has 92 valence electrons. The molecule has 0 saturated carbocycles. The average molecular weight is 277 g/mol. The van der Waals surface area contributed by atoms with Gasteiger partial charge in [-0.05, 0) is 18.4 Å². The van der Waals surface area contributed by atoms with E-state index in [1.807, 2.05) is 40.4 Å². The number of aryl methyl sites for hydroxylation is 1. The van der Waals surface area contributed by atoms with Crippen molar-refractivity contribution in [3.8, 4) is 0 Å². The molecule has 0 saturated heterocycles. The lowest BCUT2D eigenvalue weighted by atomic mass is 10.3. The fourth-order valence-electron chi connectivity index (χ4n) is 1.83. The van der Waals surface area contributed by atoms with E-state index in [9.17, 15) is 4.79 Å². The highest BCUT2D eigenvalue weighted by Crippen LogP contribution is 2.17. The van der Waals surface area contributed by atoms with E-state index >= 15 is 0 Å². The molecule has 0 aliphatic rings. The molecule has 3 rings (SSSR count). The Kier molecular flexibility index (Phi) is 2.89. The second-order valence-corrected chi connectivity index (χ2v) is 5.77. The molecule has 1 amide bonds. The molecule has 3 aromatic rings. The molecule has 0 atom stereocenters. The zero-order chi connectivity index (χ0) is 12.5. The molecular formula is C12H11N3OS2. The Morgan fingerprint density at radius 2 is 2.33 bits per heavy atom. The van der Waals surface area contributed by atoms with Gasteiger partial charge in [0, 0.05) is 16.5 Å². The smallest absolute Gasteiger partial charge is 0.270 e. The van der Waals surface area contributed by atoms with E-state index in [1.54, 1.807) is 11.3 Å². The first-order chi connectivity index (χ1) is 8.75. The maximum atomic E-state index is 12.2. The van der Waals surface area contributed by atoms with Crippen LogP contribution in [0.15, 0.2) is 29.1 Å². The SMILES string of the molecule is Cc1nc2sccn2c1C(=O)NCc1cccs1. The lowest BCUT2D eigenvalue weighted by Crippen LogP contribution is -2.24. The number of imidazole rings is 1. The maximum Gasteiger partial charge on any atom is 0.270 e.